The average Bonchev–Trinajstić information content (AvgIpc) is 2.44. The van der Waals surface area contributed by atoms with Crippen LogP contribution in [0.1, 0.15) is 49.0 Å². The van der Waals surface area contributed by atoms with Gasteiger partial charge in [-0.2, -0.15) is 0 Å². The monoisotopic (exact) mass is 271 g/mol. The van der Waals surface area contributed by atoms with Crippen LogP contribution in [0.2, 0.25) is 0 Å². The van der Waals surface area contributed by atoms with Gasteiger partial charge in [-0.15, -0.1) is 0 Å². The Morgan fingerprint density at radius 1 is 1.15 bits per heavy atom. The fraction of sp³-hybridized carbons (Fsp3) is 0.688. The Labute approximate surface area is 119 Å². The summed E-state index contributed by atoms with van der Waals surface area (Å²) in [5.74, 6) is 2.70. The molecule has 4 nitrogen and oxygen atoms in total. The second kappa shape index (κ2) is 4.54. The maximum Gasteiger partial charge on any atom is 0.271 e. The van der Waals surface area contributed by atoms with E-state index in [2.05, 4.69) is 15.3 Å². The summed E-state index contributed by atoms with van der Waals surface area (Å²) in [5, 5.41) is 3.11. The van der Waals surface area contributed by atoms with Gasteiger partial charge in [0.05, 0.1) is 6.20 Å². The summed E-state index contributed by atoms with van der Waals surface area (Å²) in [6.07, 6.45) is 13.0. The zero-order chi connectivity index (χ0) is 13.6. The van der Waals surface area contributed by atoms with Gasteiger partial charge in [-0.3, -0.25) is 9.78 Å². The number of hydrogen-bond acceptors (Lipinski definition) is 3. The molecular weight excluding hydrogens is 250 g/mol. The van der Waals surface area contributed by atoms with E-state index in [1.165, 1.54) is 44.7 Å². The molecule has 4 bridgehead atoms. The number of carbonyl (C=O) groups excluding carboxylic acids is 1. The van der Waals surface area contributed by atoms with E-state index in [0.717, 1.165) is 24.3 Å². The highest BCUT2D eigenvalue weighted by molar-refractivity contribution is 5.91. The lowest BCUT2D eigenvalue weighted by atomic mass is 9.49. The quantitative estimate of drug-likeness (QED) is 0.918. The molecule has 4 fully saturated rings. The molecule has 0 atom stereocenters. The van der Waals surface area contributed by atoms with E-state index in [1.807, 2.05) is 0 Å². The van der Waals surface area contributed by atoms with E-state index in [9.17, 15) is 4.79 Å². The van der Waals surface area contributed by atoms with Crippen molar-refractivity contribution in [2.45, 2.75) is 38.5 Å². The van der Waals surface area contributed by atoms with Crippen LogP contribution in [0.5, 0.6) is 0 Å². The lowest BCUT2D eigenvalue weighted by molar-refractivity contribution is -0.0503. The average molecular weight is 271 g/mol. The number of nitrogens with zero attached hydrogens (tertiary/aromatic N) is 2. The van der Waals surface area contributed by atoms with Crippen LogP contribution in [-0.4, -0.2) is 22.4 Å². The van der Waals surface area contributed by atoms with Crippen LogP contribution in [0.15, 0.2) is 18.6 Å². The highest BCUT2D eigenvalue weighted by Gasteiger charge is 2.50. The van der Waals surface area contributed by atoms with Gasteiger partial charge >= 0.3 is 0 Å². The number of rotatable bonds is 3. The molecule has 0 aliphatic heterocycles. The van der Waals surface area contributed by atoms with Crippen LogP contribution in [-0.2, 0) is 0 Å². The standard InChI is InChI=1S/C16H21N3O/c20-15(14-9-17-1-2-18-14)19-10-16-6-11-3-12(7-16)5-13(4-11)8-16/h1-2,9,11-13H,3-8,10H2,(H,19,20). The minimum Gasteiger partial charge on any atom is -0.350 e. The smallest absolute Gasteiger partial charge is 0.271 e. The highest BCUT2D eigenvalue weighted by atomic mass is 16.1. The van der Waals surface area contributed by atoms with E-state index in [-0.39, 0.29) is 5.91 Å². The lowest BCUT2D eigenvalue weighted by Gasteiger charge is -2.56. The number of carbonyl (C=O) groups is 1. The molecule has 1 amide bonds. The van der Waals surface area contributed by atoms with E-state index >= 15 is 0 Å². The van der Waals surface area contributed by atoms with Gasteiger partial charge < -0.3 is 5.32 Å². The molecule has 106 valence electrons. The molecule has 4 aliphatic carbocycles. The molecule has 1 aromatic rings. The maximum atomic E-state index is 12.1. The van der Waals surface area contributed by atoms with Crippen LogP contribution in [0.3, 0.4) is 0 Å². The van der Waals surface area contributed by atoms with Crippen molar-refractivity contribution in [1.82, 2.24) is 15.3 Å². The Bertz CT molecular complexity index is 478. The van der Waals surface area contributed by atoms with Crippen LogP contribution in [0, 0.1) is 23.2 Å². The topological polar surface area (TPSA) is 54.9 Å². The van der Waals surface area contributed by atoms with Crippen LogP contribution >= 0.6 is 0 Å². The van der Waals surface area contributed by atoms with Gasteiger partial charge in [-0.25, -0.2) is 4.98 Å². The molecule has 4 saturated carbocycles. The summed E-state index contributed by atoms with van der Waals surface area (Å²) in [7, 11) is 0. The Hall–Kier alpha value is -1.45. The van der Waals surface area contributed by atoms with Crippen molar-refractivity contribution in [3.05, 3.63) is 24.3 Å². The van der Waals surface area contributed by atoms with Crippen molar-refractivity contribution in [3.63, 3.8) is 0 Å². The molecule has 1 heterocycles. The second-order valence-corrected chi connectivity index (χ2v) is 7.19. The zero-order valence-electron chi connectivity index (χ0n) is 11.7. The fourth-order valence-corrected chi connectivity index (χ4v) is 5.28. The van der Waals surface area contributed by atoms with Crippen LogP contribution in [0.4, 0.5) is 0 Å². The summed E-state index contributed by atoms with van der Waals surface area (Å²) in [5.41, 5.74) is 0.810. The van der Waals surface area contributed by atoms with Crippen molar-refractivity contribution in [2.75, 3.05) is 6.54 Å². The van der Waals surface area contributed by atoms with Gasteiger partial charge in [0.2, 0.25) is 0 Å². The van der Waals surface area contributed by atoms with E-state index in [1.54, 1.807) is 12.4 Å². The van der Waals surface area contributed by atoms with Gasteiger partial charge in [0.15, 0.2) is 0 Å². The number of hydrogen-bond donors (Lipinski definition) is 1. The van der Waals surface area contributed by atoms with Crippen LogP contribution in [0.25, 0.3) is 0 Å². The van der Waals surface area contributed by atoms with Gasteiger partial charge in [-0.05, 0) is 61.7 Å². The summed E-state index contributed by atoms with van der Waals surface area (Å²) in [6.45, 7) is 0.825. The summed E-state index contributed by atoms with van der Waals surface area (Å²) in [6, 6.07) is 0. The lowest BCUT2D eigenvalue weighted by Crippen LogP contribution is -2.51. The third-order valence-corrected chi connectivity index (χ3v) is 5.58. The first-order chi connectivity index (χ1) is 9.72. The first kappa shape index (κ1) is 12.3. The molecular formula is C16H21N3O. The summed E-state index contributed by atoms with van der Waals surface area (Å²) < 4.78 is 0. The predicted octanol–water partition coefficient (Wildman–Crippen LogP) is 2.42. The number of aromatic nitrogens is 2. The predicted molar refractivity (Wildman–Crippen MR) is 75.0 cm³/mol. The molecule has 1 N–H and O–H groups in total. The second-order valence-electron chi connectivity index (χ2n) is 7.19. The third kappa shape index (κ3) is 2.11. The van der Waals surface area contributed by atoms with Crippen molar-refractivity contribution in [3.8, 4) is 0 Å². The third-order valence-electron chi connectivity index (χ3n) is 5.58. The Balaban J connectivity index is 1.43. The molecule has 0 aromatic carbocycles. The number of nitrogens with one attached hydrogen (secondary N) is 1. The zero-order valence-corrected chi connectivity index (χ0v) is 11.7. The van der Waals surface area contributed by atoms with Crippen molar-refractivity contribution < 1.29 is 4.79 Å². The Morgan fingerprint density at radius 2 is 1.80 bits per heavy atom. The van der Waals surface area contributed by atoms with Gasteiger partial charge in [0.1, 0.15) is 5.69 Å². The number of amides is 1. The highest BCUT2D eigenvalue weighted by Crippen LogP contribution is 2.59. The molecule has 0 spiro atoms. The Kier molecular flexibility index (Phi) is 2.79. The van der Waals surface area contributed by atoms with Crippen molar-refractivity contribution >= 4 is 5.91 Å². The minimum absolute atomic E-state index is 0.0751. The SMILES string of the molecule is O=C(NCC12CC3CC(CC(C3)C1)C2)c1cnccn1. The summed E-state index contributed by atoms with van der Waals surface area (Å²) in [4.78, 5) is 20.2. The Morgan fingerprint density at radius 3 is 2.35 bits per heavy atom. The molecule has 0 saturated heterocycles. The molecule has 0 unspecified atom stereocenters. The largest absolute Gasteiger partial charge is 0.350 e. The fourth-order valence-electron chi connectivity index (χ4n) is 5.28. The molecule has 5 rings (SSSR count). The van der Waals surface area contributed by atoms with Gasteiger partial charge in [0.25, 0.3) is 5.91 Å². The van der Waals surface area contributed by atoms with E-state index < -0.39 is 0 Å². The van der Waals surface area contributed by atoms with Crippen molar-refractivity contribution in [1.29, 1.82) is 0 Å². The molecule has 1 aromatic heterocycles. The van der Waals surface area contributed by atoms with Crippen LogP contribution < -0.4 is 5.32 Å². The first-order valence-electron chi connectivity index (χ1n) is 7.77. The van der Waals surface area contributed by atoms with E-state index in [4.69, 9.17) is 0 Å². The molecule has 20 heavy (non-hydrogen) atoms. The van der Waals surface area contributed by atoms with Gasteiger partial charge in [0, 0.05) is 18.9 Å². The van der Waals surface area contributed by atoms with Crippen molar-refractivity contribution in [2.24, 2.45) is 23.2 Å². The van der Waals surface area contributed by atoms with E-state index in [0.29, 0.717) is 11.1 Å². The molecule has 4 heteroatoms. The minimum atomic E-state index is -0.0751. The molecule has 0 radical (unpaired) electrons. The summed E-state index contributed by atoms with van der Waals surface area (Å²) >= 11 is 0. The molecule has 4 aliphatic rings. The normalized spacial score (nSPS) is 37.9. The first-order valence-corrected chi connectivity index (χ1v) is 7.77. The van der Waals surface area contributed by atoms with Gasteiger partial charge in [-0.1, -0.05) is 0 Å². The maximum absolute atomic E-state index is 12.1.